The molecular weight excluding hydrogens is 309 g/mol. The van der Waals surface area contributed by atoms with E-state index in [9.17, 15) is 9.18 Å². The van der Waals surface area contributed by atoms with Gasteiger partial charge in [0.25, 0.3) is 5.91 Å². The third-order valence-electron chi connectivity index (χ3n) is 3.73. The van der Waals surface area contributed by atoms with E-state index in [-0.39, 0.29) is 11.7 Å². The Labute approximate surface area is 136 Å². The SMILES string of the molecule is O=C(Nc1cnc2[nH]cc(-c3ccoc3)c2c1)c1ccc(F)cc1. The van der Waals surface area contributed by atoms with Crippen LogP contribution >= 0.6 is 0 Å². The van der Waals surface area contributed by atoms with Crippen molar-refractivity contribution in [3.05, 3.63) is 72.7 Å². The van der Waals surface area contributed by atoms with Gasteiger partial charge in [0.2, 0.25) is 0 Å². The number of aromatic amines is 1. The number of carbonyl (C=O) groups excluding carboxylic acids is 1. The van der Waals surface area contributed by atoms with Crippen molar-refractivity contribution in [2.24, 2.45) is 0 Å². The summed E-state index contributed by atoms with van der Waals surface area (Å²) in [5.74, 6) is -0.705. The Kier molecular flexibility index (Phi) is 3.35. The highest BCUT2D eigenvalue weighted by molar-refractivity contribution is 6.05. The van der Waals surface area contributed by atoms with Gasteiger partial charge < -0.3 is 14.7 Å². The number of anilines is 1. The van der Waals surface area contributed by atoms with Crippen LogP contribution in [0.5, 0.6) is 0 Å². The first kappa shape index (κ1) is 14.2. The van der Waals surface area contributed by atoms with Gasteiger partial charge in [-0.2, -0.15) is 0 Å². The van der Waals surface area contributed by atoms with E-state index in [1.165, 1.54) is 24.3 Å². The molecule has 0 bridgehead atoms. The van der Waals surface area contributed by atoms with Crippen LogP contribution in [0.25, 0.3) is 22.2 Å². The van der Waals surface area contributed by atoms with Crippen LogP contribution in [-0.2, 0) is 0 Å². The maximum atomic E-state index is 12.9. The first-order valence-corrected chi connectivity index (χ1v) is 7.27. The van der Waals surface area contributed by atoms with Crippen LogP contribution in [0.4, 0.5) is 10.1 Å². The van der Waals surface area contributed by atoms with Crippen molar-refractivity contribution < 1.29 is 13.6 Å². The summed E-state index contributed by atoms with van der Waals surface area (Å²) in [6.07, 6.45) is 6.65. The van der Waals surface area contributed by atoms with Crippen LogP contribution in [-0.4, -0.2) is 15.9 Å². The lowest BCUT2D eigenvalue weighted by atomic mass is 10.1. The zero-order chi connectivity index (χ0) is 16.5. The van der Waals surface area contributed by atoms with Crippen molar-refractivity contribution in [2.45, 2.75) is 0 Å². The molecule has 0 unspecified atom stereocenters. The van der Waals surface area contributed by atoms with Crippen molar-refractivity contribution in [3.63, 3.8) is 0 Å². The molecule has 4 rings (SSSR count). The molecule has 1 amide bonds. The summed E-state index contributed by atoms with van der Waals surface area (Å²) in [6.45, 7) is 0. The molecule has 0 spiro atoms. The first-order chi connectivity index (χ1) is 11.7. The molecule has 2 N–H and O–H groups in total. The van der Waals surface area contributed by atoms with Crippen LogP contribution in [0.2, 0.25) is 0 Å². The molecule has 4 aromatic rings. The van der Waals surface area contributed by atoms with E-state index in [1.807, 2.05) is 18.3 Å². The second kappa shape index (κ2) is 5.66. The van der Waals surface area contributed by atoms with Gasteiger partial charge in [0, 0.05) is 28.3 Å². The van der Waals surface area contributed by atoms with Crippen molar-refractivity contribution in [1.29, 1.82) is 0 Å². The lowest BCUT2D eigenvalue weighted by molar-refractivity contribution is 0.102. The Morgan fingerprint density at radius 1 is 1.21 bits per heavy atom. The molecule has 0 aliphatic rings. The standard InChI is InChI=1S/C18H12FN3O2/c19-13-3-1-11(2-4-13)18(23)22-14-7-15-16(12-5-6-24-10-12)9-21-17(15)20-8-14/h1-10H,(H,20,21)(H,22,23). The molecule has 6 heteroatoms. The molecule has 0 fully saturated rings. The van der Waals surface area contributed by atoms with Gasteiger partial charge in [-0.1, -0.05) is 0 Å². The highest BCUT2D eigenvalue weighted by atomic mass is 19.1. The van der Waals surface area contributed by atoms with E-state index in [4.69, 9.17) is 4.42 Å². The number of carbonyl (C=O) groups is 1. The van der Waals surface area contributed by atoms with Crippen LogP contribution in [0.1, 0.15) is 10.4 Å². The number of nitrogens with one attached hydrogen (secondary N) is 2. The summed E-state index contributed by atoms with van der Waals surface area (Å²) in [5.41, 5.74) is 3.50. The van der Waals surface area contributed by atoms with E-state index in [2.05, 4.69) is 15.3 Å². The fraction of sp³-hybridized carbons (Fsp3) is 0. The summed E-state index contributed by atoms with van der Waals surface area (Å²) in [7, 11) is 0. The van der Waals surface area contributed by atoms with E-state index in [0.717, 1.165) is 16.5 Å². The molecule has 24 heavy (non-hydrogen) atoms. The average molecular weight is 321 g/mol. The summed E-state index contributed by atoms with van der Waals surface area (Å²) >= 11 is 0. The van der Waals surface area contributed by atoms with Crippen LogP contribution in [0.15, 0.2) is 65.7 Å². The number of benzene rings is 1. The molecule has 0 aliphatic carbocycles. The fourth-order valence-electron chi connectivity index (χ4n) is 2.53. The third kappa shape index (κ3) is 2.54. The Bertz CT molecular complexity index is 1000. The minimum Gasteiger partial charge on any atom is -0.472 e. The molecule has 0 saturated carbocycles. The number of pyridine rings is 1. The van der Waals surface area contributed by atoms with Crippen LogP contribution in [0.3, 0.4) is 0 Å². The van der Waals surface area contributed by atoms with Gasteiger partial charge in [0.15, 0.2) is 0 Å². The third-order valence-corrected chi connectivity index (χ3v) is 3.73. The van der Waals surface area contributed by atoms with E-state index in [1.54, 1.807) is 18.7 Å². The topological polar surface area (TPSA) is 70.9 Å². The number of hydrogen-bond acceptors (Lipinski definition) is 3. The van der Waals surface area contributed by atoms with Crippen molar-refractivity contribution in [3.8, 4) is 11.1 Å². The van der Waals surface area contributed by atoms with Crippen molar-refractivity contribution >= 4 is 22.6 Å². The quantitative estimate of drug-likeness (QED) is 0.593. The predicted octanol–water partition coefficient (Wildman–Crippen LogP) is 4.21. The van der Waals surface area contributed by atoms with Crippen LogP contribution in [0, 0.1) is 5.82 Å². The molecule has 5 nitrogen and oxygen atoms in total. The lowest BCUT2D eigenvalue weighted by Crippen LogP contribution is -2.11. The summed E-state index contributed by atoms with van der Waals surface area (Å²) < 4.78 is 18.1. The lowest BCUT2D eigenvalue weighted by Gasteiger charge is -2.05. The number of amides is 1. The number of H-pyrrole nitrogens is 1. The first-order valence-electron chi connectivity index (χ1n) is 7.27. The maximum Gasteiger partial charge on any atom is 0.255 e. The molecule has 3 aromatic heterocycles. The number of aromatic nitrogens is 2. The van der Waals surface area contributed by atoms with E-state index in [0.29, 0.717) is 16.9 Å². The van der Waals surface area contributed by atoms with Crippen LogP contribution < -0.4 is 5.32 Å². The van der Waals surface area contributed by atoms with Gasteiger partial charge in [0.1, 0.15) is 11.5 Å². The number of hydrogen-bond donors (Lipinski definition) is 2. The Balaban J connectivity index is 1.66. The molecule has 3 heterocycles. The van der Waals surface area contributed by atoms with Gasteiger partial charge in [-0.25, -0.2) is 9.37 Å². The molecule has 0 saturated heterocycles. The zero-order valence-corrected chi connectivity index (χ0v) is 12.4. The summed E-state index contributed by atoms with van der Waals surface area (Å²) in [4.78, 5) is 19.6. The second-order valence-electron chi connectivity index (χ2n) is 5.30. The molecule has 0 radical (unpaired) electrons. The number of halogens is 1. The minimum absolute atomic E-state index is 0.323. The maximum absolute atomic E-state index is 12.9. The Hall–Kier alpha value is -3.41. The van der Waals surface area contributed by atoms with Gasteiger partial charge in [-0.15, -0.1) is 0 Å². The smallest absolute Gasteiger partial charge is 0.255 e. The Morgan fingerprint density at radius 3 is 2.79 bits per heavy atom. The number of nitrogens with zero attached hydrogens (tertiary/aromatic N) is 1. The van der Waals surface area contributed by atoms with Gasteiger partial charge in [-0.3, -0.25) is 4.79 Å². The molecule has 118 valence electrons. The number of rotatable bonds is 3. The highest BCUT2D eigenvalue weighted by Crippen LogP contribution is 2.29. The molecule has 0 atom stereocenters. The van der Waals surface area contributed by atoms with Crippen molar-refractivity contribution in [2.75, 3.05) is 5.32 Å². The molecule has 0 aliphatic heterocycles. The summed E-state index contributed by atoms with van der Waals surface area (Å²) in [6, 6.07) is 9.06. The predicted molar refractivity (Wildman–Crippen MR) is 88.1 cm³/mol. The Morgan fingerprint density at radius 2 is 2.04 bits per heavy atom. The van der Waals surface area contributed by atoms with E-state index < -0.39 is 0 Å². The number of furan rings is 1. The molecule has 1 aromatic carbocycles. The van der Waals surface area contributed by atoms with Gasteiger partial charge >= 0.3 is 0 Å². The average Bonchev–Trinajstić information content (AvgIpc) is 3.24. The van der Waals surface area contributed by atoms with Gasteiger partial charge in [0.05, 0.1) is 24.4 Å². The van der Waals surface area contributed by atoms with Crippen molar-refractivity contribution in [1.82, 2.24) is 9.97 Å². The largest absolute Gasteiger partial charge is 0.472 e. The van der Waals surface area contributed by atoms with E-state index >= 15 is 0 Å². The fourth-order valence-corrected chi connectivity index (χ4v) is 2.53. The number of fused-ring (bicyclic) bond motifs is 1. The summed E-state index contributed by atoms with van der Waals surface area (Å²) in [5, 5.41) is 3.64. The zero-order valence-electron chi connectivity index (χ0n) is 12.4. The molecular formula is C18H12FN3O2. The highest BCUT2D eigenvalue weighted by Gasteiger charge is 2.11. The monoisotopic (exact) mass is 321 g/mol. The minimum atomic E-state index is -0.383. The normalized spacial score (nSPS) is 10.9. The second-order valence-corrected chi connectivity index (χ2v) is 5.30. The van der Waals surface area contributed by atoms with Gasteiger partial charge in [-0.05, 0) is 36.4 Å².